The van der Waals surface area contributed by atoms with E-state index in [1.165, 1.54) is 24.8 Å². The van der Waals surface area contributed by atoms with Crippen LogP contribution in [0.5, 0.6) is 0 Å². The van der Waals surface area contributed by atoms with Gasteiger partial charge in [-0.15, -0.1) is 0 Å². The minimum Gasteiger partial charge on any atom is -0.338 e. The highest BCUT2D eigenvalue weighted by Crippen LogP contribution is 2.36. The molecule has 0 bridgehead atoms. The number of nitrogens with zero attached hydrogens (tertiary/aromatic N) is 2. The fourth-order valence-corrected chi connectivity index (χ4v) is 4.82. The summed E-state index contributed by atoms with van der Waals surface area (Å²) in [5.41, 5.74) is 0.0885. The lowest BCUT2D eigenvalue weighted by atomic mass is 9.94. The molecular formula is C17H31F3N4OS. The second-order valence-electron chi connectivity index (χ2n) is 7.35. The molecule has 2 fully saturated rings. The van der Waals surface area contributed by atoms with Crippen molar-refractivity contribution in [1.82, 2.24) is 20.4 Å². The SMILES string of the molecule is CN(CCCNC(=O)NCC1(N2CCSCC2)CCCC1)CC(F)(F)F. The van der Waals surface area contributed by atoms with Gasteiger partial charge in [-0.05, 0) is 32.9 Å². The summed E-state index contributed by atoms with van der Waals surface area (Å²) >= 11 is 1.98. The van der Waals surface area contributed by atoms with Gasteiger partial charge in [-0.2, -0.15) is 24.9 Å². The summed E-state index contributed by atoms with van der Waals surface area (Å²) in [4.78, 5) is 15.8. The van der Waals surface area contributed by atoms with Crippen LogP contribution in [-0.4, -0.2) is 85.4 Å². The number of urea groups is 1. The second kappa shape index (κ2) is 10.0. The van der Waals surface area contributed by atoms with E-state index in [9.17, 15) is 18.0 Å². The van der Waals surface area contributed by atoms with Crippen LogP contribution in [0.3, 0.4) is 0 Å². The van der Waals surface area contributed by atoms with Crippen molar-refractivity contribution in [3.8, 4) is 0 Å². The molecule has 0 aromatic carbocycles. The number of rotatable bonds is 8. The zero-order valence-corrected chi connectivity index (χ0v) is 16.4. The van der Waals surface area contributed by atoms with Crippen molar-refractivity contribution >= 4 is 17.8 Å². The molecule has 1 saturated carbocycles. The lowest BCUT2D eigenvalue weighted by Gasteiger charge is -2.43. The smallest absolute Gasteiger partial charge is 0.338 e. The number of halogens is 3. The quantitative estimate of drug-likeness (QED) is 0.619. The molecule has 1 aliphatic heterocycles. The molecule has 1 aliphatic carbocycles. The Balaban J connectivity index is 1.65. The number of hydrogen-bond donors (Lipinski definition) is 2. The first kappa shape index (κ1) is 21.6. The Labute approximate surface area is 158 Å². The Morgan fingerprint density at radius 1 is 1.19 bits per heavy atom. The highest BCUT2D eigenvalue weighted by atomic mass is 32.2. The molecule has 152 valence electrons. The lowest BCUT2D eigenvalue weighted by Crippen LogP contribution is -2.57. The summed E-state index contributed by atoms with van der Waals surface area (Å²) in [6.07, 6.45) is 0.980. The van der Waals surface area contributed by atoms with Crippen molar-refractivity contribution < 1.29 is 18.0 Å². The first-order valence-corrected chi connectivity index (χ1v) is 10.6. The van der Waals surface area contributed by atoms with Crippen molar-refractivity contribution in [2.24, 2.45) is 0 Å². The molecule has 26 heavy (non-hydrogen) atoms. The zero-order valence-electron chi connectivity index (χ0n) is 15.5. The van der Waals surface area contributed by atoms with Crippen molar-refractivity contribution in [3.05, 3.63) is 0 Å². The number of thioether (sulfide) groups is 1. The molecule has 2 rings (SSSR count). The number of alkyl halides is 3. The van der Waals surface area contributed by atoms with E-state index in [0.29, 0.717) is 26.1 Å². The Morgan fingerprint density at radius 2 is 1.85 bits per heavy atom. The number of carbonyl (C=O) groups excluding carboxylic acids is 1. The highest BCUT2D eigenvalue weighted by molar-refractivity contribution is 7.99. The van der Waals surface area contributed by atoms with Crippen molar-refractivity contribution in [1.29, 1.82) is 0 Å². The van der Waals surface area contributed by atoms with Gasteiger partial charge in [0, 0.05) is 43.2 Å². The van der Waals surface area contributed by atoms with E-state index < -0.39 is 12.7 Å². The third-order valence-electron chi connectivity index (χ3n) is 5.25. The third-order valence-corrected chi connectivity index (χ3v) is 6.19. The topological polar surface area (TPSA) is 47.6 Å². The first-order chi connectivity index (χ1) is 12.3. The van der Waals surface area contributed by atoms with E-state index in [4.69, 9.17) is 0 Å². The molecule has 2 amide bonds. The number of carbonyl (C=O) groups is 1. The normalized spacial score (nSPS) is 21.1. The summed E-state index contributed by atoms with van der Waals surface area (Å²) in [6, 6.07) is -0.221. The van der Waals surface area contributed by atoms with Gasteiger partial charge >= 0.3 is 12.2 Å². The fraction of sp³-hybridized carbons (Fsp3) is 0.941. The van der Waals surface area contributed by atoms with Crippen molar-refractivity contribution in [2.75, 3.05) is 57.8 Å². The van der Waals surface area contributed by atoms with Gasteiger partial charge in [0.2, 0.25) is 0 Å². The predicted octanol–water partition coefficient (Wildman–Crippen LogP) is 2.53. The average molecular weight is 397 g/mol. The molecule has 2 aliphatic rings. The average Bonchev–Trinajstić information content (AvgIpc) is 3.06. The van der Waals surface area contributed by atoms with E-state index >= 15 is 0 Å². The van der Waals surface area contributed by atoms with Gasteiger partial charge in [0.15, 0.2) is 0 Å². The van der Waals surface area contributed by atoms with E-state index in [2.05, 4.69) is 15.5 Å². The molecule has 0 aromatic rings. The Bertz CT molecular complexity index is 438. The summed E-state index contributed by atoms with van der Waals surface area (Å²) in [5, 5.41) is 5.76. The Hall–Kier alpha value is -0.670. The van der Waals surface area contributed by atoms with Gasteiger partial charge in [0.1, 0.15) is 0 Å². The van der Waals surface area contributed by atoms with Crippen LogP contribution >= 0.6 is 11.8 Å². The van der Waals surface area contributed by atoms with Crippen molar-refractivity contribution in [2.45, 2.75) is 43.8 Å². The number of nitrogens with one attached hydrogen (secondary N) is 2. The lowest BCUT2D eigenvalue weighted by molar-refractivity contribution is -0.143. The van der Waals surface area contributed by atoms with Crippen LogP contribution in [0.25, 0.3) is 0 Å². The highest BCUT2D eigenvalue weighted by Gasteiger charge is 2.40. The molecule has 5 nitrogen and oxygen atoms in total. The molecule has 1 heterocycles. The minimum atomic E-state index is -4.18. The first-order valence-electron chi connectivity index (χ1n) is 9.41. The summed E-state index contributed by atoms with van der Waals surface area (Å²) in [7, 11) is 1.44. The number of hydrogen-bond acceptors (Lipinski definition) is 4. The van der Waals surface area contributed by atoms with Crippen LogP contribution in [0.4, 0.5) is 18.0 Å². The van der Waals surface area contributed by atoms with Gasteiger partial charge in [-0.1, -0.05) is 12.8 Å². The molecule has 0 unspecified atom stereocenters. The van der Waals surface area contributed by atoms with Crippen LogP contribution < -0.4 is 10.6 Å². The van der Waals surface area contributed by atoms with E-state index in [1.54, 1.807) is 0 Å². The molecule has 1 saturated heterocycles. The predicted molar refractivity (Wildman–Crippen MR) is 99.7 cm³/mol. The maximum Gasteiger partial charge on any atom is 0.401 e. The molecule has 0 atom stereocenters. The second-order valence-corrected chi connectivity index (χ2v) is 8.57. The van der Waals surface area contributed by atoms with Gasteiger partial charge < -0.3 is 10.6 Å². The van der Waals surface area contributed by atoms with E-state index in [1.807, 2.05) is 11.8 Å². The third kappa shape index (κ3) is 7.15. The van der Waals surface area contributed by atoms with Gasteiger partial charge in [0.25, 0.3) is 0 Å². The number of amides is 2. The zero-order chi connectivity index (χ0) is 19.0. The largest absolute Gasteiger partial charge is 0.401 e. The van der Waals surface area contributed by atoms with Crippen molar-refractivity contribution in [3.63, 3.8) is 0 Å². The Kier molecular flexibility index (Phi) is 8.35. The van der Waals surface area contributed by atoms with E-state index in [-0.39, 0.29) is 11.6 Å². The fourth-order valence-electron chi connectivity index (χ4n) is 3.92. The summed E-state index contributed by atoms with van der Waals surface area (Å²) in [5.74, 6) is 2.30. The molecule has 0 radical (unpaired) electrons. The molecule has 2 N–H and O–H groups in total. The standard InChI is InChI=1S/C17H31F3N4OS/c1-23(14-17(18,19)20)8-4-7-21-15(25)22-13-16(5-2-3-6-16)24-9-11-26-12-10-24/h2-14H2,1H3,(H2,21,22,25). The van der Waals surface area contributed by atoms with Gasteiger partial charge in [-0.3, -0.25) is 9.80 Å². The van der Waals surface area contributed by atoms with Crippen LogP contribution in [0.2, 0.25) is 0 Å². The monoisotopic (exact) mass is 396 g/mol. The van der Waals surface area contributed by atoms with Crippen LogP contribution in [0, 0.1) is 0 Å². The molecule has 0 aromatic heterocycles. The maximum absolute atomic E-state index is 12.3. The molecule has 9 heteroatoms. The summed E-state index contributed by atoms with van der Waals surface area (Å²) < 4.78 is 36.8. The van der Waals surface area contributed by atoms with Crippen LogP contribution in [-0.2, 0) is 0 Å². The van der Waals surface area contributed by atoms with Gasteiger partial charge in [0.05, 0.1) is 6.54 Å². The summed E-state index contributed by atoms with van der Waals surface area (Å²) in [6.45, 7) is 2.57. The molecular weight excluding hydrogens is 365 g/mol. The van der Waals surface area contributed by atoms with E-state index in [0.717, 1.165) is 37.4 Å². The minimum absolute atomic E-state index is 0.0885. The Morgan fingerprint density at radius 3 is 2.46 bits per heavy atom. The maximum atomic E-state index is 12.3. The van der Waals surface area contributed by atoms with Gasteiger partial charge in [-0.25, -0.2) is 4.79 Å². The molecule has 0 spiro atoms. The van der Waals surface area contributed by atoms with Crippen LogP contribution in [0.1, 0.15) is 32.1 Å². The van der Waals surface area contributed by atoms with Crippen LogP contribution in [0.15, 0.2) is 0 Å².